The van der Waals surface area contributed by atoms with Gasteiger partial charge in [-0.15, -0.1) is 0 Å². The Bertz CT molecular complexity index is 435. The van der Waals surface area contributed by atoms with Crippen molar-refractivity contribution in [2.45, 2.75) is 26.2 Å². The lowest BCUT2D eigenvalue weighted by Gasteiger charge is -2.06. The molecule has 104 valence electrons. The van der Waals surface area contributed by atoms with Gasteiger partial charge in [0.2, 0.25) is 0 Å². The summed E-state index contributed by atoms with van der Waals surface area (Å²) < 4.78 is 0. The highest BCUT2D eigenvalue weighted by molar-refractivity contribution is 6.39. The Labute approximate surface area is 112 Å². The van der Waals surface area contributed by atoms with E-state index >= 15 is 0 Å². The third-order valence-electron chi connectivity index (χ3n) is 2.48. The van der Waals surface area contributed by atoms with Crippen molar-refractivity contribution in [3.63, 3.8) is 0 Å². The molecule has 0 aliphatic carbocycles. The molecule has 0 unspecified atom stereocenters. The topological polar surface area (TPSA) is 91.3 Å². The van der Waals surface area contributed by atoms with Gasteiger partial charge in [-0.1, -0.05) is 0 Å². The lowest BCUT2D eigenvalue weighted by Crippen LogP contribution is -2.36. The SMILES string of the molecule is Cc1ccnc(NC(=O)C(=O)NCCCCCO)c1. The van der Waals surface area contributed by atoms with Gasteiger partial charge >= 0.3 is 11.8 Å². The Morgan fingerprint density at radius 3 is 2.74 bits per heavy atom. The number of aliphatic hydroxyl groups excluding tert-OH is 1. The second kappa shape index (κ2) is 8.20. The largest absolute Gasteiger partial charge is 0.396 e. The monoisotopic (exact) mass is 265 g/mol. The number of rotatable bonds is 6. The summed E-state index contributed by atoms with van der Waals surface area (Å²) in [6.07, 6.45) is 3.83. The smallest absolute Gasteiger partial charge is 0.314 e. The molecule has 0 spiro atoms. The zero-order valence-corrected chi connectivity index (χ0v) is 11.0. The van der Waals surface area contributed by atoms with Crippen molar-refractivity contribution in [2.75, 3.05) is 18.5 Å². The molecule has 1 aromatic rings. The van der Waals surface area contributed by atoms with Crippen LogP contribution >= 0.6 is 0 Å². The van der Waals surface area contributed by atoms with E-state index in [1.165, 1.54) is 0 Å². The van der Waals surface area contributed by atoms with Gasteiger partial charge in [0, 0.05) is 19.3 Å². The Balaban J connectivity index is 2.31. The molecule has 0 atom stereocenters. The predicted molar refractivity (Wildman–Crippen MR) is 71.6 cm³/mol. The fraction of sp³-hybridized carbons (Fsp3) is 0.462. The molecule has 0 fully saturated rings. The first-order valence-electron chi connectivity index (χ1n) is 6.26. The Kier molecular flexibility index (Phi) is 6.52. The van der Waals surface area contributed by atoms with E-state index < -0.39 is 11.8 Å². The molecular weight excluding hydrogens is 246 g/mol. The molecule has 0 bridgehead atoms. The number of aliphatic hydroxyl groups is 1. The number of aromatic nitrogens is 1. The number of hydrogen-bond donors (Lipinski definition) is 3. The molecule has 1 aromatic heterocycles. The Morgan fingerprint density at radius 2 is 2.05 bits per heavy atom. The number of amides is 2. The zero-order valence-electron chi connectivity index (χ0n) is 11.0. The number of hydrogen-bond acceptors (Lipinski definition) is 4. The van der Waals surface area contributed by atoms with Crippen molar-refractivity contribution in [1.29, 1.82) is 0 Å². The van der Waals surface area contributed by atoms with Crippen LogP contribution < -0.4 is 10.6 Å². The zero-order chi connectivity index (χ0) is 14.1. The molecule has 1 rings (SSSR count). The summed E-state index contributed by atoms with van der Waals surface area (Å²) in [4.78, 5) is 26.9. The summed E-state index contributed by atoms with van der Waals surface area (Å²) in [7, 11) is 0. The number of aryl methyl sites for hydroxylation is 1. The molecule has 0 saturated carbocycles. The first-order chi connectivity index (χ1) is 9.13. The molecule has 0 aliphatic heterocycles. The highest BCUT2D eigenvalue weighted by Gasteiger charge is 2.13. The number of pyridine rings is 1. The summed E-state index contributed by atoms with van der Waals surface area (Å²) in [6.45, 7) is 2.44. The molecule has 0 aromatic carbocycles. The molecule has 6 nitrogen and oxygen atoms in total. The number of unbranched alkanes of at least 4 members (excludes halogenated alkanes) is 2. The van der Waals surface area contributed by atoms with Gasteiger partial charge in [0.15, 0.2) is 0 Å². The van der Waals surface area contributed by atoms with Gasteiger partial charge in [0.1, 0.15) is 5.82 Å². The van der Waals surface area contributed by atoms with Gasteiger partial charge in [-0.05, 0) is 43.9 Å². The van der Waals surface area contributed by atoms with E-state index in [1.54, 1.807) is 18.3 Å². The van der Waals surface area contributed by atoms with Gasteiger partial charge in [-0.2, -0.15) is 0 Å². The van der Waals surface area contributed by atoms with E-state index in [1.807, 2.05) is 6.92 Å². The third-order valence-corrected chi connectivity index (χ3v) is 2.48. The van der Waals surface area contributed by atoms with Crippen LogP contribution in [0.4, 0.5) is 5.82 Å². The fourth-order valence-corrected chi connectivity index (χ4v) is 1.47. The van der Waals surface area contributed by atoms with Crippen LogP contribution in [0.5, 0.6) is 0 Å². The van der Waals surface area contributed by atoms with Crippen LogP contribution in [0.3, 0.4) is 0 Å². The highest BCUT2D eigenvalue weighted by atomic mass is 16.3. The van der Waals surface area contributed by atoms with Crippen molar-refractivity contribution in [1.82, 2.24) is 10.3 Å². The summed E-state index contributed by atoms with van der Waals surface area (Å²) in [5, 5.41) is 13.5. The minimum absolute atomic E-state index is 0.146. The van der Waals surface area contributed by atoms with Crippen molar-refractivity contribution in [3.8, 4) is 0 Å². The van der Waals surface area contributed by atoms with Gasteiger partial charge < -0.3 is 15.7 Å². The minimum atomic E-state index is -0.722. The Hall–Kier alpha value is -1.95. The van der Waals surface area contributed by atoms with E-state index in [4.69, 9.17) is 5.11 Å². The first kappa shape index (κ1) is 15.1. The molecule has 19 heavy (non-hydrogen) atoms. The van der Waals surface area contributed by atoms with Gasteiger partial charge in [0.25, 0.3) is 0 Å². The summed E-state index contributed by atoms with van der Waals surface area (Å²) >= 11 is 0. The quantitative estimate of drug-likeness (QED) is 0.519. The van der Waals surface area contributed by atoms with Crippen LogP contribution in [-0.2, 0) is 9.59 Å². The van der Waals surface area contributed by atoms with Gasteiger partial charge in [-0.25, -0.2) is 4.98 Å². The summed E-state index contributed by atoms with van der Waals surface area (Å²) in [5.41, 5.74) is 0.953. The van der Waals surface area contributed by atoms with Crippen molar-refractivity contribution >= 4 is 17.6 Å². The standard InChI is InChI=1S/C13H19N3O3/c1-10-5-7-14-11(9-10)16-13(19)12(18)15-6-3-2-4-8-17/h5,7,9,17H,2-4,6,8H2,1H3,(H,15,18)(H,14,16,19). The number of nitrogens with one attached hydrogen (secondary N) is 2. The minimum Gasteiger partial charge on any atom is -0.396 e. The molecule has 0 radical (unpaired) electrons. The molecule has 2 amide bonds. The maximum Gasteiger partial charge on any atom is 0.314 e. The van der Waals surface area contributed by atoms with Gasteiger partial charge in [-0.3, -0.25) is 9.59 Å². The van der Waals surface area contributed by atoms with Crippen LogP contribution in [0.15, 0.2) is 18.3 Å². The lowest BCUT2D eigenvalue weighted by molar-refractivity contribution is -0.136. The number of anilines is 1. The second-order valence-electron chi connectivity index (χ2n) is 4.21. The van der Waals surface area contributed by atoms with Crippen LogP contribution in [0.25, 0.3) is 0 Å². The fourth-order valence-electron chi connectivity index (χ4n) is 1.47. The molecule has 0 aliphatic rings. The Morgan fingerprint density at radius 1 is 1.26 bits per heavy atom. The van der Waals surface area contributed by atoms with Crippen LogP contribution in [0.1, 0.15) is 24.8 Å². The van der Waals surface area contributed by atoms with E-state index in [-0.39, 0.29) is 6.61 Å². The number of carbonyl (C=O) groups is 2. The molecule has 0 saturated heterocycles. The van der Waals surface area contributed by atoms with E-state index in [2.05, 4.69) is 15.6 Å². The first-order valence-corrected chi connectivity index (χ1v) is 6.26. The van der Waals surface area contributed by atoms with E-state index in [0.717, 1.165) is 18.4 Å². The normalized spacial score (nSPS) is 10.0. The van der Waals surface area contributed by atoms with Gasteiger partial charge in [0.05, 0.1) is 0 Å². The predicted octanol–water partition coefficient (Wildman–Crippen LogP) is 0.607. The van der Waals surface area contributed by atoms with Crippen molar-refractivity contribution in [3.05, 3.63) is 23.9 Å². The highest BCUT2D eigenvalue weighted by Crippen LogP contribution is 2.04. The van der Waals surface area contributed by atoms with Crippen molar-refractivity contribution in [2.24, 2.45) is 0 Å². The van der Waals surface area contributed by atoms with Crippen molar-refractivity contribution < 1.29 is 14.7 Å². The molecule has 3 N–H and O–H groups in total. The number of carbonyl (C=O) groups excluding carboxylic acids is 2. The molecule has 6 heteroatoms. The molecule has 1 heterocycles. The lowest BCUT2D eigenvalue weighted by atomic mass is 10.2. The van der Waals surface area contributed by atoms with Crippen LogP contribution in [-0.4, -0.2) is 35.1 Å². The summed E-state index contributed by atoms with van der Waals surface area (Å²) in [5.74, 6) is -1.03. The second-order valence-corrected chi connectivity index (χ2v) is 4.21. The van der Waals surface area contributed by atoms with E-state index in [0.29, 0.717) is 18.8 Å². The number of nitrogens with zero attached hydrogens (tertiary/aromatic N) is 1. The molecular formula is C13H19N3O3. The van der Waals surface area contributed by atoms with Crippen LogP contribution in [0, 0.1) is 6.92 Å². The average molecular weight is 265 g/mol. The maximum absolute atomic E-state index is 11.5. The van der Waals surface area contributed by atoms with Crippen LogP contribution in [0.2, 0.25) is 0 Å². The summed E-state index contributed by atoms with van der Waals surface area (Å²) in [6, 6.07) is 3.49. The maximum atomic E-state index is 11.5. The third kappa shape index (κ3) is 5.96. The average Bonchev–Trinajstić information content (AvgIpc) is 2.38. The van der Waals surface area contributed by atoms with E-state index in [9.17, 15) is 9.59 Å².